The van der Waals surface area contributed by atoms with Crippen molar-refractivity contribution in [2.45, 2.75) is 44.2 Å². The number of primary amides is 1. The Balaban J connectivity index is 2.10. The van der Waals surface area contributed by atoms with Gasteiger partial charge in [-0.3, -0.25) is 9.59 Å². The standard InChI is InChI=1S/C17H21F3N2O2/c1-11(8-14(21)23)15(24)22-10-16(6-3-7-16)12-4-2-5-13(9-12)17(18,19)20/h2,4-5,9,11H,3,6-8,10H2,1H3,(H2,21,23)(H,22,24). The largest absolute Gasteiger partial charge is 0.416 e. The summed E-state index contributed by atoms with van der Waals surface area (Å²) in [5.74, 6) is -1.43. The van der Waals surface area contributed by atoms with Gasteiger partial charge in [0.05, 0.1) is 5.56 Å². The molecular weight excluding hydrogens is 321 g/mol. The van der Waals surface area contributed by atoms with Crippen LogP contribution in [0.3, 0.4) is 0 Å². The Morgan fingerprint density at radius 3 is 2.50 bits per heavy atom. The maximum absolute atomic E-state index is 12.9. The highest BCUT2D eigenvalue weighted by atomic mass is 19.4. The Kier molecular flexibility index (Phi) is 5.20. The van der Waals surface area contributed by atoms with Gasteiger partial charge in [-0.2, -0.15) is 13.2 Å². The van der Waals surface area contributed by atoms with Crippen LogP contribution in [0.2, 0.25) is 0 Å². The molecule has 1 unspecified atom stereocenters. The van der Waals surface area contributed by atoms with E-state index in [0.717, 1.165) is 31.4 Å². The number of carbonyl (C=O) groups excluding carboxylic acids is 2. The monoisotopic (exact) mass is 342 g/mol. The fourth-order valence-corrected chi connectivity index (χ4v) is 3.02. The number of rotatable bonds is 6. The lowest BCUT2D eigenvalue weighted by atomic mass is 9.64. The molecule has 0 radical (unpaired) electrons. The van der Waals surface area contributed by atoms with Crippen LogP contribution in [0.1, 0.15) is 43.7 Å². The second kappa shape index (κ2) is 6.83. The number of nitrogens with one attached hydrogen (secondary N) is 1. The fourth-order valence-electron chi connectivity index (χ4n) is 3.02. The zero-order valence-corrected chi connectivity index (χ0v) is 13.5. The van der Waals surface area contributed by atoms with Crippen molar-refractivity contribution in [1.82, 2.24) is 5.32 Å². The summed E-state index contributed by atoms with van der Waals surface area (Å²) < 4.78 is 38.7. The molecule has 0 heterocycles. The van der Waals surface area contributed by atoms with Crippen LogP contribution < -0.4 is 11.1 Å². The number of carbonyl (C=O) groups is 2. The summed E-state index contributed by atoms with van der Waals surface area (Å²) in [6.07, 6.45) is -2.09. The summed E-state index contributed by atoms with van der Waals surface area (Å²) >= 11 is 0. The van der Waals surface area contributed by atoms with E-state index in [1.165, 1.54) is 6.07 Å². The molecule has 1 aliphatic rings. The van der Waals surface area contributed by atoms with E-state index >= 15 is 0 Å². The van der Waals surface area contributed by atoms with E-state index in [0.29, 0.717) is 5.56 Å². The lowest BCUT2D eigenvalue weighted by Gasteiger charge is -2.43. The first-order valence-electron chi connectivity index (χ1n) is 7.88. The summed E-state index contributed by atoms with van der Waals surface area (Å²) in [7, 11) is 0. The molecule has 0 spiro atoms. The van der Waals surface area contributed by atoms with Gasteiger partial charge in [0.15, 0.2) is 0 Å². The predicted octanol–water partition coefficient (Wildman–Crippen LogP) is 2.75. The van der Waals surface area contributed by atoms with Gasteiger partial charge in [-0.1, -0.05) is 31.5 Å². The predicted molar refractivity (Wildman–Crippen MR) is 83.0 cm³/mol. The molecule has 1 atom stereocenters. The molecule has 1 saturated carbocycles. The Morgan fingerprint density at radius 2 is 2.00 bits per heavy atom. The summed E-state index contributed by atoms with van der Waals surface area (Å²) in [5.41, 5.74) is 4.51. The minimum absolute atomic E-state index is 0.0532. The highest BCUT2D eigenvalue weighted by Gasteiger charge is 2.40. The maximum Gasteiger partial charge on any atom is 0.416 e. The molecule has 132 valence electrons. The molecule has 0 aliphatic heterocycles. The number of nitrogens with two attached hydrogens (primary N) is 1. The number of halogens is 3. The van der Waals surface area contributed by atoms with Gasteiger partial charge in [0.25, 0.3) is 0 Å². The Labute approximate surface area is 138 Å². The molecule has 3 N–H and O–H groups in total. The third-order valence-electron chi connectivity index (χ3n) is 4.67. The first kappa shape index (κ1) is 18.3. The summed E-state index contributed by atoms with van der Waals surface area (Å²) in [5, 5.41) is 2.76. The van der Waals surface area contributed by atoms with E-state index in [4.69, 9.17) is 5.73 Å². The molecule has 1 aromatic carbocycles. The Bertz CT molecular complexity index is 625. The van der Waals surface area contributed by atoms with E-state index in [-0.39, 0.29) is 18.9 Å². The number of benzene rings is 1. The van der Waals surface area contributed by atoms with Crippen LogP contribution in [-0.4, -0.2) is 18.4 Å². The van der Waals surface area contributed by atoms with Crippen LogP contribution in [-0.2, 0) is 21.2 Å². The lowest BCUT2D eigenvalue weighted by molar-refractivity contribution is -0.137. The highest BCUT2D eigenvalue weighted by Crippen LogP contribution is 2.44. The minimum atomic E-state index is -4.39. The molecular formula is C17H21F3N2O2. The Morgan fingerprint density at radius 1 is 1.33 bits per heavy atom. The smallest absolute Gasteiger partial charge is 0.370 e. The van der Waals surface area contributed by atoms with Gasteiger partial charge in [-0.15, -0.1) is 0 Å². The molecule has 0 bridgehead atoms. The molecule has 2 amide bonds. The van der Waals surface area contributed by atoms with Crippen molar-refractivity contribution < 1.29 is 22.8 Å². The van der Waals surface area contributed by atoms with Crippen molar-refractivity contribution in [1.29, 1.82) is 0 Å². The molecule has 4 nitrogen and oxygen atoms in total. The maximum atomic E-state index is 12.9. The SMILES string of the molecule is CC(CC(N)=O)C(=O)NCC1(c2cccc(C(F)(F)F)c2)CCC1. The van der Waals surface area contributed by atoms with E-state index < -0.39 is 29.0 Å². The van der Waals surface area contributed by atoms with Gasteiger partial charge < -0.3 is 11.1 Å². The molecule has 2 rings (SSSR count). The molecule has 24 heavy (non-hydrogen) atoms. The Hall–Kier alpha value is -2.05. The van der Waals surface area contributed by atoms with E-state index in [1.807, 2.05) is 0 Å². The molecule has 1 aromatic rings. The molecule has 1 aliphatic carbocycles. The van der Waals surface area contributed by atoms with Gasteiger partial charge in [-0.05, 0) is 24.5 Å². The van der Waals surface area contributed by atoms with Crippen LogP contribution in [0, 0.1) is 5.92 Å². The van der Waals surface area contributed by atoms with Gasteiger partial charge in [0.1, 0.15) is 0 Å². The van der Waals surface area contributed by atoms with Gasteiger partial charge in [0.2, 0.25) is 11.8 Å². The second-order valence-corrected chi connectivity index (χ2v) is 6.50. The second-order valence-electron chi connectivity index (χ2n) is 6.50. The highest BCUT2D eigenvalue weighted by molar-refractivity contribution is 5.84. The first-order chi connectivity index (χ1) is 11.1. The average Bonchev–Trinajstić information content (AvgIpc) is 2.44. The van der Waals surface area contributed by atoms with Crippen molar-refractivity contribution in [3.8, 4) is 0 Å². The number of hydrogen-bond acceptors (Lipinski definition) is 2. The summed E-state index contributed by atoms with van der Waals surface area (Å²) in [4.78, 5) is 22.9. The lowest BCUT2D eigenvalue weighted by Crippen LogP contribution is -2.47. The van der Waals surface area contributed by atoms with Crippen LogP contribution >= 0.6 is 0 Å². The summed E-state index contributed by atoms with van der Waals surface area (Å²) in [6.45, 7) is 1.86. The van der Waals surface area contributed by atoms with Crippen molar-refractivity contribution >= 4 is 11.8 Å². The third kappa shape index (κ3) is 4.07. The van der Waals surface area contributed by atoms with E-state index in [2.05, 4.69) is 5.32 Å². The number of amides is 2. The van der Waals surface area contributed by atoms with Crippen molar-refractivity contribution in [2.75, 3.05) is 6.54 Å². The zero-order valence-electron chi connectivity index (χ0n) is 13.5. The van der Waals surface area contributed by atoms with Crippen LogP contribution in [0.25, 0.3) is 0 Å². The van der Waals surface area contributed by atoms with E-state index in [9.17, 15) is 22.8 Å². The van der Waals surface area contributed by atoms with Crippen LogP contribution in [0.4, 0.5) is 13.2 Å². The van der Waals surface area contributed by atoms with Crippen molar-refractivity contribution in [3.05, 3.63) is 35.4 Å². The van der Waals surface area contributed by atoms with Gasteiger partial charge in [-0.25, -0.2) is 0 Å². The molecule has 7 heteroatoms. The first-order valence-corrected chi connectivity index (χ1v) is 7.88. The average molecular weight is 342 g/mol. The normalized spacial score (nSPS) is 17.7. The molecule has 0 saturated heterocycles. The van der Waals surface area contributed by atoms with Crippen molar-refractivity contribution in [2.24, 2.45) is 11.7 Å². The quantitative estimate of drug-likeness (QED) is 0.834. The van der Waals surface area contributed by atoms with Gasteiger partial charge in [0, 0.05) is 24.3 Å². The van der Waals surface area contributed by atoms with Crippen LogP contribution in [0.5, 0.6) is 0 Å². The fraction of sp³-hybridized carbons (Fsp3) is 0.529. The van der Waals surface area contributed by atoms with Crippen molar-refractivity contribution in [3.63, 3.8) is 0 Å². The molecule has 0 aromatic heterocycles. The molecule has 1 fully saturated rings. The van der Waals surface area contributed by atoms with Crippen LogP contribution in [0.15, 0.2) is 24.3 Å². The summed E-state index contributed by atoms with van der Waals surface area (Å²) in [6, 6.07) is 5.28. The minimum Gasteiger partial charge on any atom is -0.370 e. The van der Waals surface area contributed by atoms with Gasteiger partial charge >= 0.3 is 6.18 Å². The topological polar surface area (TPSA) is 72.2 Å². The number of alkyl halides is 3. The number of hydrogen-bond donors (Lipinski definition) is 2. The van der Waals surface area contributed by atoms with E-state index in [1.54, 1.807) is 13.0 Å². The zero-order chi connectivity index (χ0) is 18.0. The third-order valence-corrected chi connectivity index (χ3v) is 4.67.